The molecule has 2 aliphatic heterocycles. The van der Waals surface area contributed by atoms with Crippen molar-refractivity contribution in [2.24, 2.45) is 0 Å². The Labute approximate surface area is 141 Å². The maximum atomic E-state index is 12.8. The van der Waals surface area contributed by atoms with Crippen LogP contribution in [0.25, 0.3) is 0 Å². The lowest BCUT2D eigenvalue weighted by atomic mass is 10.1. The standard InChI is InChI=1S/C17H22ClN3O2/c1-11(20-16(22)12-2-4-13(18)5-3-12)17(23)21-14-6-7-15(21)10-19-9-8-14/h2-5,11,14-15,19H,6-10H2,1H3,(H,20,22). The van der Waals surface area contributed by atoms with Gasteiger partial charge in [-0.2, -0.15) is 0 Å². The summed E-state index contributed by atoms with van der Waals surface area (Å²) in [4.78, 5) is 27.1. The Morgan fingerprint density at radius 2 is 1.91 bits per heavy atom. The first kappa shape index (κ1) is 16.3. The van der Waals surface area contributed by atoms with Crippen LogP contribution in [0.2, 0.25) is 5.02 Å². The van der Waals surface area contributed by atoms with Crippen LogP contribution in [0.5, 0.6) is 0 Å². The van der Waals surface area contributed by atoms with Crippen LogP contribution in [0.4, 0.5) is 0 Å². The fraction of sp³-hybridized carbons (Fsp3) is 0.529. The molecule has 124 valence electrons. The number of fused-ring (bicyclic) bond motifs is 2. The van der Waals surface area contributed by atoms with Crippen molar-refractivity contribution in [3.8, 4) is 0 Å². The van der Waals surface area contributed by atoms with Crippen molar-refractivity contribution in [1.82, 2.24) is 15.5 Å². The van der Waals surface area contributed by atoms with E-state index in [0.29, 0.717) is 16.6 Å². The van der Waals surface area contributed by atoms with Crippen molar-refractivity contribution >= 4 is 23.4 Å². The Kier molecular flexibility index (Phi) is 4.87. The highest BCUT2D eigenvalue weighted by Crippen LogP contribution is 2.28. The molecular formula is C17H22ClN3O2. The van der Waals surface area contributed by atoms with Crippen LogP contribution in [0.3, 0.4) is 0 Å². The maximum Gasteiger partial charge on any atom is 0.251 e. The topological polar surface area (TPSA) is 61.4 Å². The lowest BCUT2D eigenvalue weighted by Gasteiger charge is -2.30. The van der Waals surface area contributed by atoms with Crippen LogP contribution in [-0.2, 0) is 4.79 Å². The van der Waals surface area contributed by atoms with E-state index in [9.17, 15) is 9.59 Å². The Hall–Kier alpha value is -1.59. The first-order valence-electron chi connectivity index (χ1n) is 8.15. The summed E-state index contributed by atoms with van der Waals surface area (Å²) in [7, 11) is 0. The van der Waals surface area contributed by atoms with E-state index in [4.69, 9.17) is 11.6 Å². The van der Waals surface area contributed by atoms with Crippen LogP contribution in [-0.4, -0.2) is 47.9 Å². The van der Waals surface area contributed by atoms with Gasteiger partial charge in [0.2, 0.25) is 5.91 Å². The van der Waals surface area contributed by atoms with Crippen molar-refractivity contribution in [2.75, 3.05) is 13.1 Å². The molecule has 1 aromatic rings. The van der Waals surface area contributed by atoms with Gasteiger partial charge < -0.3 is 15.5 Å². The first-order valence-corrected chi connectivity index (χ1v) is 8.53. The molecule has 3 unspecified atom stereocenters. The lowest BCUT2D eigenvalue weighted by molar-refractivity contribution is -0.135. The summed E-state index contributed by atoms with van der Waals surface area (Å²) in [5, 5.41) is 6.77. The molecule has 0 aromatic heterocycles. The minimum Gasteiger partial charge on any atom is -0.341 e. The zero-order valence-corrected chi connectivity index (χ0v) is 14.0. The van der Waals surface area contributed by atoms with Crippen molar-refractivity contribution < 1.29 is 9.59 Å². The van der Waals surface area contributed by atoms with Gasteiger partial charge in [-0.3, -0.25) is 9.59 Å². The molecule has 2 aliphatic rings. The third-order valence-electron chi connectivity index (χ3n) is 4.73. The van der Waals surface area contributed by atoms with Gasteiger partial charge in [-0.25, -0.2) is 0 Å². The summed E-state index contributed by atoms with van der Waals surface area (Å²) in [6, 6.07) is 6.69. The van der Waals surface area contributed by atoms with Gasteiger partial charge in [0, 0.05) is 29.2 Å². The number of rotatable bonds is 3. The van der Waals surface area contributed by atoms with Gasteiger partial charge in [-0.15, -0.1) is 0 Å². The van der Waals surface area contributed by atoms with Gasteiger partial charge in [0.05, 0.1) is 0 Å². The lowest BCUT2D eigenvalue weighted by Crippen LogP contribution is -2.51. The summed E-state index contributed by atoms with van der Waals surface area (Å²) in [6.07, 6.45) is 3.09. The highest BCUT2D eigenvalue weighted by molar-refractivity contribution is 6.30. The third kappa shape index (κ3) is 3.51. The zero-order valence-electron chi connectivity index (χ0n) is 13.2. The SMILES string of the molecule is CC(NC(=O)c1ccc(Cl)cc1)C(=O)N1C2CCNCC1CC2. The quantitative estimate of drug-likeness (QED) is 0.885. The average molecular weight is 336 g/mol. The second-order valence-electron chi connectivity index (χ2n) is 6.33. The van der Waals surface area contributed by atoms with Crippen LogP contribution < -0.4 is 10.6 Å². The number of carbonyl (C=O) groups is 2. The minimum absolute atomic E-state index is 0.0171. The Bertz CT molecular complexity index is 576. The molecular weight excluding hydrogens is 314 g/mol. The van der Waals surface area contributed by atoms with Crippen LogP contribution in [0.15, 0.2) is 24.3 Å². The van der Waals surface area contributed by atoms with E-state index >= 15 is 0 Å². The van der Waals surface area contributed by atoms with E-state index in [1.807, 2.05) is 4.90 Å². The second-order valence-corrected chi connectivity index (χ2v) is 6.76. The molecule has 6 heteroatoms. The van der Waals surface area contributed by atoms with E-state index in [-0.39, 0.29) is 17.9 Å². The Morgan fingerprint density at radius 1 is 1.22 bits per heavy atom. The first-order chi connectivity index (χ1) is 11.1. The maximum absolute atomic E-state index is 12.8. The molecule has 23 heavy (non-hydrogen) atoms. The molecule has 2 heterocycles. The number of nitrogens with zero attached hydrogens (tertiary/aromatic N) is 1. The highest BCUT2D eigenvalue weighted by atomic mass is 35.5. The molecule has 0 saturated carbocycles. The summed E-state index contributed by atoms with van der Waals surface area (Å²) in [5.74, 6) is -0.230. The number of nitrogens with one attached hydrogen (secondary N) is 2. The molecule has 0 radical (unpaired) electrons. The van der Waals surface area contributed by atoms with Gasteiger partial charge >= 0.3 is 0 Å². The Morgan fingerprint density at radius 3 is 2.65 bits per heavy atom. The van der Waals surface area contributed by atoms with Crippen molar-refractivity contribution in [1.29, 1.82) is 0 Å². The smallest absolute Gasteiger partial charge is 0.251 e. The van der Waals surface area contributed by atoms with Crippen LogP contribution in [0, 0.1) is 0 Å². The molecule has 2 amide bonds. The van der Waals surface area contributed by atoms with E-state index in [1.54, 1.807) is 31.2 Å². The summed E-state index contributed by atoms with van der Waals surface area (Å²) in [5.41, 5.74) is 0.509. The Balaban J connectivity index is 1.65. The van der Waals surface area contributed by atoms with Gasteiger partial charge in [0.15, 0.2) is 0 Å². The number of halogens is 1. The fourth-order valence-electron chi connectivity index (χ4n) is 3.51. The van der Waals surface area contributed by atoms with Gasteiger partial charge in [0.25, 0.3) is 5.91 Å². The van der Waals surface area contributed by atoms with E-state index in [0.717, 1.165) is 32.4 Å². The summed E-state index contributed by atoms with van der Waals surface area (Å²) < 4.78 is 0. The van der Waals surface area contributed by atoms with Gasteiger partial charge in [-0.05, 0) is 57.0 Å². The molecule has 3 atom stereocenters. The number of carbonyl (C=O) groups excluding carboxylic acids is 2. The minimum atomic E-state index is -0.528. The molecule has 0 aliphatic carbocycles. The number of amides is 2. The molecule has 2 saturated heterocycles. The van der Waals surface area contributed by atoms with E-state index < -0.39 is 6.04 Å². The highest BCUT2D eigenvalue weighted by Gasteiger charge is 2.39. The van der Waals surface area contributed by atoms with Gasteiger partial charge in [0.1, 0.15) is 6.04 Å². The third-order valence-corrected chi connectivity index (χ3v) is 4.99. The number of benzene rings is 1. The van der Waals surface area contributed by atoms with Crippen LogP contribution in [0.1, 0.15) is 36.5 Å². The number of hydrogen-bond acceptors (Lipinski definition) is 3. The molecule has 1 aromatic carbocycles. The summed E-state index contributed by atoms with van der Waals surface area (Å²) in [6.45, 7) is 3.56. The number of hydrogen-bond donors (Lipinski definition) is 2. The summed E-state index contributed by atoms with van der Waals surface area (Å²) >= 11 is 5.83. The normalized spacial score (nSPS) is 24.9. The van der Waals surface area contributed by atoms with Crippen molar-refractivity contribution in [2.45, 2.75) is 44.3 Å². The molecule has 3 rings (SSSR count). The molecule has 2 fully saturated rings. The molecule has 2 N–H and O–H groups in total. The predicted molar refractivity (Wildman–Crippen MR) is 89.5 cm³/mol. The molecule has 0 spiro atoms. The molecule has 5 nitrogen and oxygen atoms in total. The van der Waals surface area contributed by atoms with Crippen molar-refractivity contribution in [3.05, 3.63) is 34.9 Å². The second kappa shape index (κ2) is 6.89. The predicted octanol–water partition coefficient (Wildman–Crippen LogP) is 1.81. The monoisotopic (exact) mass is 335 g/mol. The molecule has 2 bridgehead atoms. The fourth-order valence-corrected chi connectivity index (χ4v) is 3.63. The zero-order chi connectivity index (χ0) is 16.4. The van der Waals surface area contributed by atoms with Crippen molar-refractivity contribution in [3.63, 3.8) is 0 Å². The van der Waals surface area contributed by atoms with E-state index in [2.05, 4.69) is 10.6 Å². The average Bonchev–Trinajstić information content (AvgIpc) is 2.80. The van der Waals surface area contributed by atoms with Gasteiger partial charge in [-0.1, -0.05) is 11.6 Å². The van der Waals surface area contributed by atoms with E-state index in [1.165, 1.54) is 0 Å². The van der Waals surface area contributed by atoms with Crippen LogP contribution >= 0.6 is 11.6 Å². The largest absolute Gasteiger partial charge is 0.341 e.